The van der Waals surface area contributed by atoms with Crippen LogP contribution in [0.2, 0.25) is 0 Å². The normalized spacial score (nSPS) is 11.0. The molecule has 0 aromatic heterocycles. The molecule has 0 radical (unpaired) electrons. The van der Waals surface area contributed by atoms with Crippen molar-refractivity contribution in [2.24, 2.45) is 0 Å². The average molecular weight is 316 g/mol. The van der Waals surface area contributed by atoms with E-state index in [2.05, 4.69) is 9.47 Å². The first-order valence-electron chi connectivity index (χ1n) is 6.97. The summed E-state index contributed by atoms with van der Waals surface area (Å²) < 4.78 is 23.9. The first kappa shape index (κ1) is 16.7. The minimum Gasteiger partial charge on any atom is -0.468 e. The molecule has 0 unspecified atom stereocenters. The average Bonchev–Trinajstić information content (AvgIpc) is 2.60. The molecule has 0 spiro atoms. The number of esters is 2. The van der Waals surface area contributed by atoms with Gasteiger partial charge in [0, 0.05) is 5.56 Å². The minimum atomic E-state index is -1.86. The van der Waals surface area contributed by atoms with E-state index in [1.54, 1.807) is 6.07 Å². The van der Waals surface area contributed by atoms with E-state index in [4.69, 9.17) is 0 Å². The molecule has 0 N–H and O–H groups in total. The number of ether oxygens (including phenoxy) is 2. The second-order valence-corrected chi connectivity index (χ2v) is 5.17. The van der Waals surface area contributed by atoms with Gasteiger partial charge in [0.15, 0.2) is 5.41 Å². The first-order chi connectivity index (χ1) is 10.9. The summed E-state index contributed by atoms with van der Waals surface area (Å²) in [6.45, 7) is 1.28. The van der Waals surface area contributed by atoms with E-state index in [1.807, 2.05) is 30.3 Å². The molecule has 0 heterocycles. The fourth-order valence-corrected chi connectivity index (χ4v) is 2.44. The zero-order chi connectivity index (χ0) is 17.0. The highest BCUT2D eigenvalue weighted by atomic mass is 19.1. The molecule has 0 saturated heterocycles. The van der Waals surface area contributed by atoms with Gasteiger partial charge in [0.1, 0.15) is 5.82 Å². The molecule has 0 atom stereocenters. The van der Waals surface area contributed by atoms with Gasteiger partial charge in [0.25, 0.3) is 0 Å². The van der Waals surface area contributed by atoms with Crippen molar-refractivity contribution in [3.05, 3.63) is 59.9 Å². The van der Waals surface area contributed by atoms with Gasteiger partial charge in [-0.05, 0) is 24.1 Å². The molecule has 2 aromatic carbocycles. The summed E-state index contributed by atoms with van der Waals surface area (Å²) in [5, 5.41) is 0. The summed E-state index contributed by atoms with van der Waals surface area (Å²) in [4.78, 5) is 24.1. The van der Waals surface area contributed by atoms with E-state index in [1.165, 1.54) is 19.1 Å². The number of methoxy groups -OCH3 is 2. The second kappa shape index (κ2) is 6.60. The summed E-state index contributed by atoms with van der Waals surface area (Å²) in [5.74, 6) is -2.43. The number of benzene rings is 2. The summed E-state index contributed by atoms with van der Waals surface area (Å²) >= 11 is 0. The van der Waals surface area contributed by atoms with Crippen LogP contribution in [-0.4, -0.2) is 26.2 Å². The highest BCUT2D eigenvalue weighted by Gasteiger charge is 2.47. The van der Waals surface area contributed by atoms with Crippen LogP contribution in [0.25, 0.3) is 11.1 Å². The molecule has 0 aliphatic rings. The molecule has 0 saturated carbocycles. The number of hydrogen-bond donors (Lipinski definition) is 0. The Labute approximate surface area is 133 Å². The lowest BCUT2D eigenvalue weighted by Gasteiger charge is -2.24. The molecule has 23 heavy (non-hydrogen) atoms. The van der Waals surface area contributed by atoms with Crippen LogP contribution < -0.4 is 0 Å². The number of rotatable bonds is 4. The molecule has 4 nitrogen and oxygen atoms in total. The number of hydrogen-bond acceptors (Lipinski definition) is 4. The maximum absolute atomic E-state index is 14.6. The summed E-state index contributed by atoms with van der Waals surface area (Å²) in [7, 11) is 2.28. The SMILES string of the molecule is COC(=O)C(C)(C(=O)OC)c1ccc(-c2ccccc2)cc1F. The molecule has 0 fully saturated rings. The Morgan fingerprint density at radius 2 is 1.48 bits per heavy atom. The Morgan fingerprint density at radius 3 is 1.96 bits per heavy atom. The predicted molar refractivity (Wildman–Crippen MR) is 83.2 cm³/mol. The van der Waals surface area contributed by atoms with Crippen LogP contribution in [0.15, 0.2) is 48.5 Å². The molecule has 0 bridgehead atoms. The number of carbonyl (C=O) groups is 2. The lowest BCUT2D eigenvalue weighted by Crippen LogP contribution is -2.43. The Bertz CT molecular complexity index is 709. The van der Waals surface area contributed by atoms with Gasteiger partial charge in [-0.2, -0.15) is 0 Å². The molecular weight excluding hydrogens is 299 g/mol. The Kier molecular flexibility index (Phi) is 4.79. The maximum Gasteiger partial charge on any atom is 0.327 e. The Morgan fingerprint density at radius 1 is 0.913 bits per heavy atom. The molecule has 0 amide bonds. The van der Waals surface area contributed by atoms with E-state index in [9.17, 15) is 14.0 Å². The van der Waals surface area contributed by atoms with Gasteiger partial charge in [-0.1, -0.05) is 42.5 Å². The zero-order valence-electron chi connectivity index (χ0n) is 13.1. The summed E-state index contributed by atoms with van der Waals surface area (Å²) in [6, 6.07) is 13.6. The van der Waals surface area contributed by atoms with E-state index >= 15 is 0 Å². The smallest absolute Gasteiger partial charge is 0.327 e. The van der Waals surface area contributed by atoms with E-state index in [0.717, 1.165) is 19.8 Å². The van der Waals surface area contributed by atoms with Gasteiger partial charge in [-0.25, -0.2) is 4.39 Å². The third-order valence-corrected chi connectivity index (χ3v) is 3.80. The van der Waals surface area contributed by atoms with Crippen molar-refractivity contribution in [2.75, 3.05) is 14.2 Å². The van der Waals surface area contributed by atoms with Crippen molar-refractivity contribution in [1.29, 1.82) is 0 Å². The van der Waals surface area contributed by atoms with Crippen molar-refractivity contribution in [1.82, 2.24) is 0 Å². The van der Waals surface area contributed by atoms with Gasteiger partial charge >= 0.3 is 11.9 Å². The van der Waals surface area contributed by atoms with Gasteiger partial charge < -0.3 is 9.47 Å². The third kappa shape index (κ3) is 2.95. The summed E-state index contributed by atoms with van der Waals surface area (Å²) in [6.07, 6.45) is 0. The molecule has 0 aliphatic heterocycles. The maximum atomic E-state index is 14.6. The van der Waals surface area contributed by atoms with Crippen molar-refractivity contribution in [3.63, 3.8) is 0 Å². The highest BCUT2D eigenvalue weighted by molar-refractivity contribution is 6.05. The number of carbonyl (C=O) groups excluding carboxylic acids is 2. The Hall–Kier alpha value is -2.69. The fourth-order valence-electron chi connectivity index (χ4n) is 2.44. The van der Waals surface area contributed by atoms with Crippen LogP contribution in [0.1, 0.15) is 12.5 Å². The van der Waals surface area contributed by atoms with Crippen LogP contribution >= 0.6 is 0 Å². The van der Waals surface area contributed by atoms with Crippen LogP contribution in [0.5, 0.6) is 0 Å². The van der Waals surface area contributed by atoms with E-state index < -0.39 is 23.2 Å². The van der Waals surface area contributed by atoms with Crippen molar-refractivity contribution in [3.8, 4) is 11.1 Å². The lowest BCUT2D eigenvalue weighted by atomic mass is 9.81. The molecule has 5 heteroatoms. The first-order valence-corrected chi connectivity index (χ1v) is 6.97. The fraction of sp³-hybridized carbons (Fsp3) is 0.222. The third-order valence-electron chi connectivity index (χ3n) is 3.80. The Balaban J connectivity index is 2.54. The van der Waals surface area contributed by atoms with Crippen LogP contribution in [-0.2, 0) is 24.5 Å². The number of halogens is 1. The summed E-state index contributed by atoms with van der Waals surface area (Å²) in [5.41, 5.74) is -0.474. The monoisotopic (exact) mass is 316 g/mol. The van der Waals surface area contributed by atoms with Gasteiger partial charge in [0.2, 0.25) is 0 Å². The molecule has 2 rings (SSSR count). The molecule has 2 aromatic rings. The van der Waals surface area contributed by atoms with Crippen LogP contribution in [0.3, 0.4) is 0 Å². The zero-order valence-corrected chi connectivity index (χ0v) is 13.1. The topological polar surface area (TPSA) is 52.6 Å². The minimum absolute atomic E-state index is 0.0871. The van der Waals surface area contributed by atoms with Crippen molar-refractivity contribution in [2.45, 2.75) is 12.3 Å². The van der Waals surface area contributed by atoms with Crippen LogP contribution in [0.4, 0.5) is 4.39 Å². The standard InChI is InChI=1S/C18H17FO4/c1-18(16(20)22-2,17(21)23-3)14-10-9-13(11-15(14)19)12-7-5-4-6-8-12/h4-11H,1-3H3. The lowest BCUT2D eigenvalue weighted by molar-refractivity contribution is -0.161. The molecule has 0 aliphatic carbocycles. The van der Waals surface area contributed by atoms with Gasteiger partial charge in [-0.15, -0.1) is 0 Å². The van der Waals surface area contributed by atoms with E-state index in [0.29, 0.717) is 5.56 Å². The quantitative estimate of drug-likeness (QED) is 0.642. The predicted octanol–water partition coefficient (Wildman–Crippen LogP) is 3.10. The second-order valence-electron chi connectivity index (χ2n) is 5.17. The highest BCUT2D eigenvalue weighted by Crippen LogP contribution is 2.32. The van der Waals surface area contributed by atoms with Crippen molar-refractivity contribution < 1.29 is 23.5 Å². The van der Waals surface area contributed by atoms with Crippen molar-refractivity contribution >= 4 is 11.9 Å². The molecular formula is C18H17FO4. The largest absolute Gasteiger partial charge is 0.468 e. The van der Waals surface area contributed by atoms with Crippen LogP contribution in [0, 0.1) is 5.82 Å². The van der Waals surface area contributed by atoms with Gasteiger partial charge in [-0.3, -0.25) is 9.59 Å². The van der Waals surface area contributed by atoms with Gasteiger partial charge in [0.05, 0.1) is 14.2 Å². The van der Waals surface area contributed by atoms with E-state index in [-0.39, 0.29) is 5.56 Å². The molecule has 120 valence electrons.